The molecule has 0 spiro atoms. The van der Waals surface area contributed by atoms with Crippen molar-refractivity contribution in [2.45, 2.75) is 11.8 Å². The number of amides is 1. The van der Waals surface area contributed by atoms with E-state index in [1.165, 1.54) is 24.3 Å². The zero-order valence-corrected chi connectivity index (χ0v) is 17.1. The smallest absolute Gasteiger partial charge is 0.261 e. The molecule has 5 nitrogen and oxygen atoms in total. The van der Waals surface area contributed by atoms with E-state index in [0.29, 0.717) is 16.4 Å². The highest BCUT2D eigenvalue weighted by Crippen LogP contribution is 2.25. The zero-order valence-electron chi connectivity index (χ0n) is 14.7. The number of carbonyl (C=O) groups excluding carboxylic acids is 1. The Bertz CT molecular complexity index is 1150. The summed E-state index contributed by atoms with van der Waals surface area (Å²) in [5, 5.41) is 3.29. The number of halogens is 2. The van der Waals surface area contributed by atoms with Gasteiger partial charge in [0.15, 0.2) is 0 Å². The van der Waals surface area contributed by atoms with Gasteiger partial charge in [0.05, 0.1) is 21.2 Å². The second kappa shape index (κ2) is 8.22. The van der Waals surface area contributed by atoms with Crippen LogP contribution in [0.25, 0.3) is 0 Å². The Labute approximate surface area is 173 Å². The molecule has 0 fully saturated rings. The van der Waals surface area contributed by atoms with Gasteiger partial charge in [-0.1, -0.05) is 47.5 Å². The van der Waals surface area contributed by atoms with Gasteiger partial charge in [0.2, 0.25) is 0 Å². The molecule has 0 unspecified atom stereocenters. The van der Waals surface area contributed by atoms with Gasteiger partial charge in [0.25, 0.3) is 15.9 Å². The van der Waals surface area contributed by atoms with E-state index >= 15 is 0 Å². The van der Waals surface area contributed by atoms with Crippen molar-refractivity contribution in [1.82, 2.24) is 0 Å². The summed E-state index contributed by atoms with van der Waals surface area (Å²) in [6.07, 6.45) is 0. The van der Waals surface area contributed by atoms with Crippen molar-refractivity contribution < 1.29 is 13.2 Å². The van der Waals surface area contributed by atoms with Crippen molar-refractivity contribution in [3.8, 4) is 0 Å². The average Bonchev–Trinajstić information content (AvgIpc) is 2.63. The largest absolute Gasteiger partial charge is 0.322 e. The number of carbonyl (C=O) groups is 1. The highest BCUT2D eigenvalue weighted by Gasteiger charge is 2.19. The summed E-state index contributed by atoms with van der Waals surface area (Å²) in [5.41, 5.74) is 1.86. The number of anilines is 2. The lowest BCUT2D eigenvalue weighted by Crippen LogP contribution is -2.16. The molecule has 144 valence electrons. The third-order valence-electron chi connectivity index (χ3n) is 3.96. The van der Waals surface area contributed by atoms with Crippen molar-refractivity contribution in [3.63, 3.8) is 0 Å². The Morgan fingerprint density at radius 3 is 2.39 bits per heavy atom. The number of hydrogen-bond acceptors (Lipinski definition) is 3. The van der Waals surface area contributed by atoms with Gasteiger partial charge in [-0.05, 0) is 55.0 Å². The minimum Gasteiger partial charge on any atom is -0.322 e. The molecule has 0 saturated heterocycles. The number of benzene rings is 3. The van der Waals surface area contributed by atoms with Gasteiger partial charge in [-0.25, -0.2) is 8.42 Å². The van der Waals surface area contributed by atoms with Gasteiger partial charge in [0.1, 0.15) is 0 Å². The quantitative estimate of drug-likeness (QED) is 0.567. The van der Waals surface area contributed by atoms with Crippen LogP contribution in [0.4, 0.5) is 11.4 Å². The fourth-order valence-electron chi connectivity index (χ4n) is 2.51. The molecule has 0 radical (unpaired) electrons. The van der Waals surface area contributed by atoms with Crippen LogP contribution < -0.4 is 10.0 Å². The summed E-state index contributed by atoms with van der Waals surface area (Å²) < 4.78 is 27.8. The van der Waals surface area contributed by atoms with Crippen molar-refractivity contribution >= 4 is 50.5 Å². The summed E-state index contributed by atoms with van der Waals surface area (Å²) in [5.74, 6) is -0.501. The average molecular weight is 435 g/mol. The number of sulfonamides is 1. The first kappa shape index (κ1) is 20.2. The van der Waals surface area contributed by atoms with Crippen LogP contribution in [0.2, 0.25) is 10.0 Å². The lowest BCUT2D eigenvalue weighted by atomic mass is 10.1. The molecule has 0 atom stereocenters. The van der Waals surface area contributed by atoms with Gasteiger partial charge >= 0.3 is 0 Å². The predicted octanol–water partition coefficient (Wildman–Crippen LogP) is 5.35. The molecule has 1 amide bonds. The number of aryl methyl sites for hydroxylation is 1. The van der Waals surface area contributed by atoms with Crippen molar-refractivity contribution in [2.24, 2.45) is 0 Å². The molecule has 8 heteroatoms. The van der Waals surface area contributed by atoms with Crippen LogP contribution in [0.3, 0.4) is 0 Å². The number of nitrogens with one attached hydrogen (secondary N) is 2. The monoisotopic (exact) mass is 434 g/mol. The molecule has 0 heterocycles. The van der Waals surface area contributed by atoms with Gasteiger partial charge in [-0.3, -0.25) is 9.52 Å². The minimum atomic E-state index is -3.93. The van der Waals surface area contributed by atoms with Crippen LogP contribution in [-0.2, 0) is 10.0 Å². The van der Waals surface area contributed by atoms with Crippen LogP contribution in [0.5, 0.6) is 0 Å². The van der Waals surface area contributed by atoms with E-state index in [-0.39, 0.29) is 15.5 Å². The molecule has 0 aliphatic carbocycles. The third kappa shape index (κ3) is 4.65. The molecule has 3 aromatic carbocycles. The number of rotatable bonds is 5. The van der Waals surface area contributed by atoms with Gasteiger partial charge in [-0.2, -0.15) is 0 Å². The molecule has 3 aromatic rings. The first-order valence-corrected chi connectivity index (χ1v) is 10.4. The van der Waals surface area contributed by atoms with Crippen LogP contribution in [0, 0.1) is 6.92 Å². The highest BCUT2D eigenvalue weighted by atomic mass is 35.5. The molecule has 0 aliphatic heterocycles. The molecule has 0 bridgehead atoms. The van der Waals surface area contributed by atoms with Crippen LogP contribution in [0.15, 0.2) is 71.6 Å². The second-order valence-electron chi connectivity index (χ2n) is 6.03. The van der Waals surface area contributed by atoms with E-state index in [2.05, 4.69) is 10.0 Å². The van der Waals surface area contributed by atoms with Gasteiger partial charge in [0, 0.05) is 10.7 Å². The molecular weight excluding hydrogens is 419 g/mol. The Morgan fingerprint density at radius 1 is 0.929 bits per heavy atom. The molecule has 0 aliphatic rings. The fraction of sp³-hybridized carbons (Fsp3) is 0.0500. The maximum atomic E-state index is 12.7. The van der Waals surface area contributed by atoms with Crippen LogP contribution >= 0.6 is 23.2 Å². The van der Waals surface area contributed by atoms with Crippen molar-refractivity contribution in [2.75, 3.05) is 10.0 Å². The minimum absolute atomic E-state index is 0.0545. The van der Waals surface area contributed by atoms with E-state index in [0.717, 1.165) is 5.56 Å². The number of para-hydroxylation sites is 1. The lowest BCUT2D eigenvalue weighted by Gasteiger charge is -2.12. The molecule has 0 aromatic heterocycles. The summed E-state index contributed by atoms with van der Waals surface area (Å²) in [6.45, 7) is 1.85. The summed E-state index contributed by atoms with van der Waals surface area (Å²) in [7, 11) is -3.93. The fourth-order valence-corrected chi connectivity index (χ4v) is 3.98. The zero-order chi connectivity index (χ0) is 20.3. The topological polar surface area (TPSA) is 75.3 Å². The van der Waals surface area contributed by atoms with Crippen LogP contribution in [0.1, 0.15) is 15.9 Å². The van der Waals surface area contributed by atoms with E-state index in [9.17, 15) is 13.2 Å². The first-order chi connectivity index (χ1) is 13.3. The third-order valence-corrected chi connectivity index (χ3v) is 5.91. The summed E-state index contributed by atoms with van der Waals surface area (Å²) in [6, 6.07) is 17.5. The molecular formula is C20H16Cl2N2O3S. The summed E-state index contributed by atoms with van der Waals surface area (Å²) in [4.78, 5) is 12.6. The second-order valence-corrected chi connectivity index (χ2v) is 8.55. The van der Waals surface area contributed by atoms with E-state index in [1.54, 1.807) is 30.3 Å². The molecule has 0 saturated carbocycles. The maximum Gasteiger partial charge on any atom is 0.261 e. The first-order valence-electron chi connectivity index (χ1n) is 8.21. The molecule has 3 rings (SSSR count). The van der Waals surface area contributed by atoms with Gasteiger partial charge in [-0.15, -0.1) is 0 Å². The van der Waals surface area contributed by atoms with Crippen molar-refractivity contribution in [1.29, 1.82) is 0 Å². The molecule has 2 N–H and O–H groups in total. The lowest BCUT2D eigenvalue weighted by molar-refractivity contribution is 0.102. The van der Waals surface area contributed by atoms with Gasteiger partial charge < -0.3 is 5.32 Å². The Kier molecular flexibility index (Phi) is 5.93. The normalized spacial score (nSPS) is 11.1. The van der Waals surface area contributed by atoms with Crippen molar-refractivity contribution in [3.05, 3.63) is 87.9 Å². The number of hydrogen-bond donors (Lipinski definition) is 2. The predicted molar refractivity (Wildman–Crippen MR) is 113 cm³/mol. The van der Waals surface area contributed by atoms with E-state index in [4.69, 9.17) is 23.2 Å². The SMILES string of the molecule is Cc1ccccc1NC(=O)c1cc(S(=O)(=O)Nc2cccc(Cl)c2)ccc1Cl. The van der Waals surface area contributed by atoms with E-state index in [1.807, 2.05) is 19.1 Å². The Morgan fingerprint density at radius 2 is 1.68 bits per heavy atom. The maximum absolute atomic E-state index is 12.7. The standard InChI is InChI=1S/C20H16Cl2N2O3S/c1-13-5-2-3-8-19(13)23-20(25)17-12-16(9-10-18(17)22)28(26,27)24-15-7-4-6-14(21)11-15/h2-12,24H,1H3,(H,23,25). The Balaban J connectivity index is 1.90. The summed E-state index contributed by atoms with van der Waals surface area (Å²) >= 11 is 12.0. The highest BCUT2D eigenvalue weighted by molar-refractivity contribution is 7.92. The van der Waals surface area contributed by atoms with E-state index < -0.39 is 15.9 Å². The molecule has 28 heavy (non-hydrogen) atoms. The Hall–Kier alpha value is -2.54. The van der Waals surface area contributed by atoms with Crippen LogP contribution in [-0.4, -0.2) is 14.3 Å².